The Kier molecular flexibility index (Phi) is 6.04. The van der Waals surface area contributed by atoms with Gasteiger partial charge in [-0.15, -0.1) is 0 Å². The van der Waals surface area contributed by atoms with Crippen LogP contribution in [0, 0.1) is 10.1 Å². The van der Waals surface area contributed by atoms with Crippen molar-refractivity contribution >= 4 is 11.8 Å². The van der Waals surface area contributed by atoms with Crippen LogP contribution in [0.3, 0.4) is 0 Å². The van der Waals surface area contributed by atoms with E-state index in [9.17, 15) is 23.3 Å². The predicted molar refractivity (Wildman–Crippen MR) is 62.6 cm³/mol. The number of hydrogen-bond donors (Lipinski definition) is 1. The number of alkyl halides is 3. The molecule has 0 aliphatic carbocycles. The van der Waals surface area contributed by atoms with Crippen molar-refractivity contribution in [2.75, 3.05) is 13.2 Å². The molecule has 2 heterocycles. The summed E-state index contributed by atoms with van der Waals surface area (Å²) in [5.41, 5.74) is 0. The Balaban J connectivity index is 0.000000295. The molecular formula is C11H12F3N3O5. The Hall–Kier alpha value is -2.43. The molecule has 22 heavy (non-hydrogen) atoms. The summed E-state index contributed by atoms with van der Waals surface area (Å²) < 4.78 is 37.0. The molecule has 0 radical (unpaired) electrons. The minimum Gasteiger partial charge on any atom is -0.542 e. The number of pyridine rings is 1. The van der Waals surface area contributed by atoms with Crippen molar-refractivity contribution in [3.8, 4) is 5.75 Å². The van der Waals surface area contributed by atoms with E-state index < -0.39 is 17.1 Å². The molecule has 1 aromatic heterocycles. The number of halogens is 3. The maximum absolute atomic E-state index is 10.5. The van der Waals surface area contributed by atoms with Crippen LogP contribution in [0.15, 0.2) is 18.3 Å². The normalized spacial score (nSPS) is 16.8. The smallest absolute Gasteiger partial charge is 0.430 e. The maximum Gasteiger partial charge on any atom is 0.430 e. The first-order chi connectivity index (χ1) is 10.2. The largest absolute Gasteiger partial charge is 0.542 e. The highest BCUT2D eigenvalue weighted by molar-refractivity contribution is 5.70. The highest BCUT2D eigenvalue weighted by Gasteiger charge is 2.28. The fraction of sp³-hybridized carbons (Fsp3) is 0.455. The van der Waals surface area contributed by atoms with Crippen molar-refractivity contribution in [3.63, 3.8) is 0 Å². The average Bonchev–Trinajstić information content (AvgIpc) is 2.37. The molecule has 0 saturated carbocycles. The van der Waals surface area contributed by atoms with Gasteiger partial charge in [0.1, 0.15) is 18.6 Å². The third kappa shape index (κ3) is 5.91. The molecule has 1 atom stereocenters. The number of hydrogen-bond acceptors (Lipinski definition) is 6. The molecule has 11 heteroatoms. The van der Waals surface area contributed by atoms with E-state index in [0.29, 0.717) is 18.4 Å². The highest BCUT2D eigenvalue weighted by atomic mass is 19.4. The predicted octanol–water partition coefficient (Wildman–Crippen LogP) is -0.997. The second-order valence-corrected chi connectivity index (χ2v) is 4.28. The summed E-state index contributed by atoms with van der Waals surface area (Å²) in [5.74, 6) is -2.58. The highest BCUT2D eigenvalue weighted by Crippen LogP contribution is 2.14. The molecule has 2 N–H and O–H groups in total. The van der Waals surface area contributed by atoms with Crippen molar-refractivity contribution in [1.29, 1.82) is 0 Å². The number of carboxylic acid groups (broad SMARTS) is 1. The molecular weight excluding hydrogens is 311 g/mol. The number of rotatable bonds is 4. The standard InChI is InChI=1S/C9H11N3O3.C2HF3O2/c13-12(14)9-2-1-8(5-11-9)15-6-7-3-4-10-7;3-2(4,5)1(6)7/h1-2,5,7,10H,3-4,6H2;(H,6,7)/t7-;/m0./s1. The Bertz CT molecular complexity index is 517. The van der Waals surface area contributed by atoms with Crippen molar-refractivity contribution < 1.29 is 38.0 Å². The monoisotopic (exact) mass is 323 g/mol. The third-order valence-corrected chi connectivity index (χ3v) is 2.64. The van der Waals surface area contributed by atoms with E-state index in [2.05, 4.69) is 10.3 Å². The van der Waals surface area contributed by atoms with Gasteiger partial charge in [-0.05, 0) is 16.0 Å². The molecule has 1 saturated heterocycles. The van der Waals surface area contributed by atoms with Crippen molar-refractivity contribution in [2.24, 2.45) is 0 Å². The summed E-state index contributed by atoms with van der Waals surface area (Å²) in [6.45, 7) is 1.80. The second-order valence-electron chi connectivity index (χ2n) is 4.28. The average molecular weight is 323 g/mol. The van der Waals surface area contributed by atoms with E-state index in [1.165, 1.54) is 18.7 Å². The topological polar surface area (TPSA) is 122 Å². The lowest BCUT2D eigenvalue weighted by Gasteiger charge is -2.22. The second kappa shape index (κ2) is 7.54. The number of aliphatic carboxylic acids is 1. The minimum atomic E-state index is -5.19. The van der Waals surface area contributed by atoms with E-state index in [-0.39, 0.29) is 5.82 Å². The summed E-state index contributed by atoms with van der Waals surface area (Å²) in [5, 5.41) is 21.3. The molecule has 0 spiro atoms. The number of carbonyl (C=O) groups is 1. The number of nitrogens with two attached hydrogens (primary N) is 1. The SMILES string of the molecule is O=C([O-])C(F)(F)F.O=[N+]([O-])c1ccc(OC[C@@H]2CC[NH2+]2)cn1. The molecule has 1 aliphatic rings. The summed E-state index contributed by atoms with van der Waals surface area (Å²) in [6.07, 6.45) is -2.64. The van der Waals surface area contributed by atoms with Crippen LogP contribution >= 0.6 is 0 Å². The minimum absolute atomic E-state index is 0.155. The summed E-state index contributed by atoms with van der Waals surface area (Å²) in [7, 11) is 0. The summed E-state index contributed by atoms with van der Waals surface area (Å²) >= 11 is 0. The van der Waals surface area contributed by atoms with Gasteiger partial charge < -0.3 is 30.1 Å². The van der Waals surface area contributed by atoms with Crippen LogP contribution in [0.25, 0.3) is 0 Å². The van der Waals surface area contributed by atoms with Crippen LogP contribution in [0.2, 0.25) is 0 Å². The lowest BCUT2D eigenvalue weighted by atomic mass is 10.1. The van der Waals surface area contributed by atoms with Crippen LogP contribution in [0.4, 0.5) is 19.0 Å². The number of nitro groups is 1. The van der Waals surface area contributed by atoms with E-state index in [0.717, 1.165) is 6.54 Å². The first-order valence-corrected chi connectivity index (χ1v) is 6.05. The van der Waals surface area contributed by atoms with Gasteiger partial charge in [0.15, 0.2) is 11.9 Å². The fourth-order valence-electron chi connectivity index (χ4n) is 1.32. The summed E-state index contributed by atoms with van der Waals surface area (Å²) in [4.78, 5) is 22.3. The third-order valence-electron chi connectivity index (χ3n) is 2.64. The van der Waals surface area contributed by atoms with Gasteiger partial charge in [-0.3, -0.25) is 0 Å². The van der Waals surface area contributed by atoms with Crippen LogP contribution < -0.4 is 15.2 Å². The molecule has 1 aromatic rings. The van der Waals surface area contributed by atoms with Crippen LogP contribution in [-0.2, 0) is 4.79 Å². The van der Waals surface area contributed by atoms with Gasteiger partial charge in [-0.1, -0.05) is 0 Å². The fourth-order valence-corrected chi connectivity index (χ4v) is 1.32. The van der Waals surface area contributed by atoms with Gasteiger partial charge in [0.2, 0.25) is 0 Å². The molecule has 8 nitrogen and oxygen atoms in total. The lowest BCUT2D eigenvalue weighted by molar-refractivity contribution is -0.743. The molecule has 1 fully saturated rings. The zero-order valence-corrected chi connectivity index (χ0v) is 11.1. The Morgan fingerprint density at radius 1 is 1.50 bits per heavy atom. The number of ether oxygens (including phenoxy) is 1. The van der Waals surface area contributed by atoms with Crippen LogP contribution in [0.5, 0.6) is 5.75 Å². The first kappa shape index (κ1) is 17.6. The van der Waals surface area contributed by atoms with Crippen LogP contribution in [-0.4, -0.2) is 41.2 Å². The molecule has 0 unspecified atom stereocenters. The van der Waals surface area contributed by atoms with E-state index in [1.807, 2.05) is 0 Å². The molecule has 1 aliphatic heterocycles. The van der Waals surface area contributed by atoms with E-state index in [4.69, 9.17) is 14.6 Å². The Labute approximate surface area is 122 Å². The number of aromatic nitrogens is 1. The van der Waals surface area contributed by atoms with Crippen molar-refractivity contribution in [2.45, 2.75) is 18.6 Å². The molecule has 0 aromatic carbocycles. The number of nitrogens with zero attached hydrogens (tertiary/aromatic N) is 2. The van der Waals surface area contributed by atoms with Gasteiger partial charge in [-0.25, -0.2) is 0 Å². The van der Waals surface area contributed by atoms with Crippen molar-refractivity contribution in [1.82, 2.24) is 4.98 Å². The van der Waals surface area contributed by atoms with E-state index in [1.54, 1.807) is 6.07 Å². The number of quaternary nitrogens is 1. The van der Waals surface area contributed by atoms with Gasteiger partial charge in [0.05, 0.1) is 13.0 Å². The zero-order valence-electron chi connectivity index (χ0n) is 11.1. The van der Waals surface area contributed by atoms with Gasteiger partial charge in [0.25, 0.3) is 0 Å². The first-order valence-electron chi connectivity index (χ1n) is 6.05. The Morgan fingerprint density at radius 2 is 2.09 bits per heavy atom. The molecule has 122 valence electrons. The summed E-state index contributed by atoms with van der Waals surface area (Å²) in [6, 6.07) is 3.45. The van der Waals surface area contributed by atoms with Gasteiger partial charge in [-0.2, -0.15) is 13.2 Å². The molecule has 2 rings (SSSR count). The zero-order chi connectivity index (χ0) is 16.8. The van der Waals surface area contributed by atoms with Crippen molar-refractivity contribution in [3.05, 3.63) is 28.4 Å². The Morgan fingerprint density at radius 3 is 2.41 bits per heavy atom. The molecule has 0 bridgehead atoms. The van der Waals surface area contributed by atoms with Gasteiger partial charge >= 0.3 is 12.0 Å². The molecule has 0 amide bonds. The van der Waals surface area contributed by atoms with Gasteiger partial charge in [0, 0.05) is 6.07 Å². The van der Waals surface area contributed by atoms with Crippen LogP contribution in [0.1, 0.15) is 6.42 Å². The van der Waals surface area contributed by atoms with E-state index >= 15 is 0 Å². The lowest BCUT2D eigenvalue weighted by Crippen LogP contribution is -2.99. The number of carbonyl (C=O) groups excluding carboxylic acids is 1. The quantitative estimate of drug-likeness (QED) is 0.560. The maximum atomic E-state index is 10.5. The number of carboxylic acids is 1.